The highest BCUT2D eigenvalue weighted by molar-refractivity contribution is 7.90. The van der Waals surface area contributed by atoms with Crippen molar-refractivity contribution in [3.05, 3.63) is 53.2 Å². The third-order valence-electron chi connectivity index (χ3n) is 6.15. The molecule has 192 valence electrons. The third kappa shape index (κ3) is 6.72. The van der Waals surface area contributed by atoms with Crippen LogP contribution in [0.2, 0.25) is 0 Å². The molecule has 9 heteroatoms. The molecule has 2 heterocycles. The molecular weight excluding hydrogens is 469 g/mol. The van der Waals surface area contributed by atoms with Crippen LogP contribution in [0.1, 0.15) is 57.4 Å². The lowest BCUT2D eigenvalue weighted by atomic mass is 10.0. The lowest BCUT2D eigenvalue weighted by Crippen LogP contribution is -2.55. The van der Waals surface area contributed by atoms with E-state index in [0.717, 1.165) is 11.4 Å². The highest BCUT2D eigenvalue weighted by Crippen LogP contribution is 2.25. The highest BCUT2D eigenvalue weighted by Gasteiger charge is 2.31. The molecule has 0 saturated carbocycles. The second kappa shape index (κ2) is 10.5. The van der Waals surface area contributed by atoms with Crippen molar-refractivity contribution in [1.29, 1.82) is 0 Å². The number of alkyl halides is 1. The van der Waals surface area contributed by atoms with Crippen molar-refractivity contribution in [2.75, 3.05) is 31.2 Å². The van der Waals surface area contributed by atoms with Gasteiger partial charge in [0, 0.05) is 37.3 Å². The molecule has 0 bridgehead atoms. The van der Waals surface area contributed by atoms with E-state index in [0.29, 0.717) is 30.9 Å². The minimum absolute atomic E-state index is 0.0520. The van der Waals surface area contributed by atoms with E-state index in [1.54, 1.807) is 49.1 Å². The Bertz CT molecular complexity index is 1150. The van der Waals surface area contributed by atoms with E-state index in [9.17, 15) is 17.6 Å². The summed E-state index contributed by atoms with van der Waals surface area (Å²) in [7, 11) is -3.57. The number of aryl methyl sites for hydroxylation is 1. The second-order valence-corrected chi connectivity index (χ2v) is 12.3. The lowest BCUT2D eigenvalue weighted by Gasteiger charge is -2.40. The lowest BCUT2D eigenvalue weighted by molar-refractivity contribution is 0.0158. The van der Waals surface area contributed by atoms with Crippen molar-refractivity contribution in [2.45, 2.75) is 69.8 Å². The maximum atomic E-state index is 13.0. The van der Waals surface area contributed by atoms with Crippen LogP contribution in [0.15, 0.2) is 41.3 Å². The number of nitrogens with zero attached hydrogens (tertiary/aromatic N) is 3. The number of hydrogen-bond acceptors (Lipinski definition) is 6. The Labute approximate surface area is 208 Å². The first kappa shape index (κ1) is 26.9. The third-order valence-corrected chi connectivity index (χ3v) is 7.83. The summed E-state index contributed by atoms with van der Waals surface area (Å²) in [5.74, 6) is 0.329. The fourth-order valence-electron chi connectivity index (χ4n) is 4.04. The number of amides is 1. The molecule has 1 amide bonds. The molecule has 1 aliphatic rings. The summed E-state index contributed by atoms with van der Waals surface area (Å²) >= 11 is 0. The van der Waals surface area contributed by atoms with Crippen LogP contribution < -0.4 is 4.90 Å². The van der Waals surface area contributed by atoms with E-state index in [2.05, 4.69) is 9.88 Å². The van der Waals surface area contributed by atoms with Crippen molar-refractivity contribution < 1.29 is 22.3 Å². The molecule has 1 fully saturated rings. The Hall–Kier alpha value is -2.68. The Morgan fingerprint density at radius 2 is 1.83 bits per heavy atom. The number of aromatic nitrogens is 1. The van der Waals surface area contributed by atoms with Crippen molar-refractivity contribution in [3.63, 3.8) is 0 Å². The van der Waals surface area contributed by atoms with Crippen LogP contribution in [0.3, 0.4) is 0 Å². The predicted molar refractivity (Wildman–Crippen MR) is 135 cm³/mol. The number of pyridine rings is 1. The molecular formula is C26H36FN3O4S. The van der Waals surface area contributed by atoms with E-state index in [4.69, 9.17) is 4.74 Å². The minimum Gasteiger partial charge on any atom is -0.444 e. The van der Waals surface area contributed by atoms with E-state index >= 15 is 0 Å². The summed E-state index contributed by atoms with van der Waals surface area (Å²) in [6.07, 6.45) is -0.318. The summed E-state index contributed by atoms with van der Waals surface area (Å²) in [4.78, 5) is 21.2. The number of benzene rings is 1. The molecule has 2 aromatic rings. The van der Waals surface area contributed by atoms with Gasteiger partial charge in [0.15, 0.2) is 9.84 Å². The average Bonchev–Trinajstić information content (AvgIpc) is 2.78. The quantitative estimate of drug-likeness (QED) is 0.557. The number of carbonyl (C=O) groups is 1. The maximum Gasteiger partial charge on any atom is 0.410 e. The first-order valence-electron chi connectivity index (χ1n) is 11.9. The second-order valence-electron chi connectivity index (χ2n) is 10.3. The number of rotatable bonds is 6. The number of carbonyl (C=O) groups excluding carboxylic acids is 1. The molecule has 2 atom stereocenters. The summed E-state index contributed by atoms with van der Waals surface area (Å²) in [6.45, 7) is 12.3. The number of halogens is 1. The zero-order valence-corrected chi connectivity index (χ0v) is 22.2. The van der Waals surface area contributed by atoms with Crippen molar-refractivity contribution in [2.24, 2.45) is 0 Å². The summed E-state index contributed by atoms with van der Waals surface area (Å²) < 4.78 is 44.3. The molecule has 1 aromatic carbocycles. The smallest absolute Gasteiger partial charge is 0.410 e. The average molecular weight is 506 g/mol. The number of sulfone groups is 1. The fraction of sp³-hybridized carbons (Fsp3) is 0.538. The standard InChI is InChI=1S/C26H36FN3O4S/c1-18(15-27)21-7-10-23(11-8-21)35(32,33)17-22-9-12-24(28-20(22)3)29-13-14-30(19(2)16-29)25(31)34-26(4,5)6/h7-12,18-19H,13-17H2,1-6H3/t18-,19-/m0/s1. The predicted octanol–water partition coefficient (Wildman–Crippen LogP) is 4.88. The van der Waals surface area contributed by atoms with Crippen LogP contribution in [0.5, 0.6) is 0 Å². The van der Waals surface area contributed by atoms with E-state index in [1.807, 2.05) is 33.8 Å². The number of hydrogen-bond donors (Lipinski definition) is 0. The molecule has 35 heavy (non-hydrogen) atoms. The largest absolute Gasteiger partial charge is 0.444 e. The molecule has 1 aliphatic heterocycles. The van der Waals surface area contributed by atoms with Gasteiger partial charge in [0.1, 0.15) is 11.4 Å². The Morgan fingerprint density at radius 1 is 1.17 bits per heavy atom. The van der Waals surface area contributed by atoms with E-state index < -0.39 is 22.1 Å². The molecule has 0 spiro atoms. The van der Waals surface area contributed by atoms with Gasteiger partial charge in [-0.15, -0.1) is 0 Å². The number of ether oxygens (including phenoxy) is 1. The van der Waals surface area contributed by atoms with Crippen molar-refractivity contribution >= 4 is 21.7 Å². The fourth-order valence-corrected chi connectivity index (χ4v) is 5.48. The summed E-state index contributed by atoms with van der Waals surface area (Å²) in [5.41, 5.74) is 1.51. The first-order chi connectivity index (χ1) is 16.3. The van der Waals surface area contributed by atoms with Gasteiger partial charge in [0.2, 0.25) is 0 Å². The zero-order chi connectivity index (χ0) is 26.0. The maximum absolute atomic E-state index is 13.0. The van der Waals surface area contributed by atoms with Crippen molar-refractivity contribution in [1.82, 2.24) is 9.88 Å². The molecule has 0 unspecified atom stereocenters. The number of anilines is 1. The van der Waals surface area contributed by atoms with Crippen LogP contribution in [0, 0.1) is 6.92 Å². The van der Waals surface area contributed by atoms with Gasteiger partial charge in [0.05, 0.1) is 17.3 Å². The van der Waals surface area contributed by atoms with Crippen LogP contribution in [-0.2, 0) is 20.3 Å². The van der Waals surface area contributed by atoms with Crippen LogP contribution in [0.25, 0.3) is 0 Å². The summed E-state index contributed by atoms with van der Waals surface area (Å²) in [6, 6.07) is 10.0. The Balaban J connectivity index is 1.68. The molecule has 3 rings (SSSR count). The van der Waals surface area contributed by atoms with Crippen LogP contribution in [-0.4, -0.2) is 62.3 Å². The van der Waals surface area contributed by atoms with E-state index in [1.165, 1.54) is 0 Å². The molecule has 1 saturated heterocycles. The van der Waals surface area contributed by atoms with Gasteiger partial charge in [-0.05, 0) is 63.9 Å². The normalized spacial score (nSPS) is 17.9. The van der Waals surface area contributed by atoms with Gasteiger partial charge in [-0.25, -0.2) is 18.2 Å². The van der Waals surface area contributed by atoms with Crippen LogP contribution in [0.4, 0.5) is 15.0 Å². The molecule has 1 aromatic heterocycles. The van der Waals surface area contributed by atoms with Gasteiger partial charge in [-0.3, -0.25) is 4.39 Å². The molecule has 0 N–H and O–H groups in total. The van der Waals surface area contributed by atoms with Gasteiger partial charge in [-0.1, -0.05) is 25.1 Å². The van der Waals surface area contributed by atoms with Crippen molar-refractivity contribution in [3.8, 4) is 0 Å². The minimum atomic E-state index is -3.57. The molecule has 0 aliphatic carbocycles. The SMILES string of the molecule is Cc1nc(N2CCN(C(=O)OC(C)(C)C)[C@@H](C)C2)ccc1CS(=O)(=O)c1ccc([C@@H](C)CF)cc1. The molecule has 7 nitrogen and oxygen atoms in total. The zero-order valence-electron chi connectivity index (χ0n) is 21.4. The number of piperazine rings is 1. The monoisotopic (exact) mass is 505 g/mol. The summed E-state index contributed by atoms with van der Waals surface area (Å²) in [5, 5.41) is 0. The van der Waals surface area contributed by atoms with Gasteiger partial charge in [-0.2, -0.15) is 0 Å². The first-order valence-corrected chi connectivity index (χ1v) is 13.6. The van der Waals surface area contributed by atoms with E-state index in [-0.39, 0.29) is 28.7 Å². The Kier molecular flexibility index (Phi) is 8.09. The Morgan fingerprint density at radius 3 is 2.37 bits per heavy atom. The topological polar surface area (TPSA) is 79.8 Å². The van der Waals surface area contributed by atoms with Gasteiger partial charge < -0.3 is 14.5 Å². The highest BCUT2D eigenvalue weighted by atomic mass is 32.2. The molecule has 0 radical (unpaired) electrons. The van der Waals surface area contributed by atoms with Crippen LogP contribution >= 0.6 is 0 Å². The van der Waals surface area contributed by atoms with Gasteiger partial charge in [0.25, 0.3) is 0 Å². The van der Waals surface area contributed by atoms with Gasteiger partial charge >= 0.3 is 6.09 Å².